The minimum Gasteiger partial charge on any atom is -0.506 e. The lowest BCUT2D eigenvalue weighted by molar-refractivity contribution is 0.111. The van der Waals surface area contributed by atoms with Crippen molar-refractivity contribution in [3.05, 3.63) is 76.1 Å². The van der Waals surface area contributed by atoms with Gasteiger partial charge >= 0.3 is 0 Å². The van der Waals surface area contributed by atoms with Crippen molar-refractivity contribution in [1.82, 2.24) is 4.57 Å². The molecule has 0 spiro atoms. The van der Waals surface area contributed by atoms with E-state index >= 15 is 0 Å². The maximum absolute atomic E-state index is 12.4. The summed E-state index contributed by atoms with van der Waals surface area (Å²) in [6, 6.07) is 16.5. The number of carbonyl (C=O) groups is 1. The number of benzene rings is 2. The Hall–Kier alpha value is -2.88. The van der Waals surface area contributed by atoms with Crippen molar-refractivity contribution >= 4 is 17.2 Å². The number of para-hydroxylation sites is 1. The Balaban J connectivity index is 2.31. The molecule has 1 N–H and O–H groups in total. The van der Waals surface area contributed by atoms with Gasteiger partial charge in [0.1, 0.15) is 11.3 Å². The Bertz CT molecular complexity index is 866. The van der Waals surface area contributed by atoms with Gasteiger partial charge in [0, 0.05) is 5.39 Å². The van der Waals surface area contributed by atoms with Gasteiger partial charge < -0.3 is 9.67 Å². The number of hydrogen-bond donors (Lipinski definition) is 1. The van der Waals surface area contributed by atoms with E-state index in [0.29, 0.717) is 23.7 Å². The normalized spacial score (nSPS) is 10.7. The predicted octanol–water partition coefficient (Wildman–Crippen LogP) is 2.57. The molecule has 4 nitrogen and oxygen atoms in total. The molecular weight excluding hydrogens is 266 g/mol. The summed E-state index contributed by atoms with van der Waals surface area (Å²) in [4.78, 5) is 23.5. The van der Waals surface area contributed by atoms with E-state index < -0.39 is 5.56 Å². The number of aromatic hydroxyl groups is 1. The average Bonchev–Trinajstić information content (AvgIpc) is 2.53. The number of aldehydes is 1. The lowest BCUT2D eigenvalue weighted by Gasteiger charge is -2.13. The number of fused-ring (bicyclic) bond motifs is 1. The summed E-state index contributed by atoms with van der Waals surface area (Å²) in [6.45, 7) is 0.349. The lowest BCUT2D eigenvalue weighted by Crippen LogP contribution is -2.24. The summed E-state index contributed by atoms with van der Waals surface area (Å²) >= 11 is 0. The maximum atomic E-state index is 12.4. The minimum atomic E-state index is -0.481. The second kappa shape index (κ2) is 5.25. The zero-order valence-corrected chi connectivity index (χ0v) is 11.2. The van der Waals surface area contributed by atoms with Crippen LogP contribution in [0.15, 0.2) is 59.4 Å². The van der Waals surface area contributed by atoms with E-state index in [1.54, 1.807) is 24.3 Å². The van der Waals surface area contributed by atoms with Crippen molar-refractivity contribution in [3.8, 4) is 5.75 Å². The Morgan fingerprint density at radius 2 is 1.67 bits per heavy atom. The molecule has 0 aliphatic heterocycles. The van der Waals surface area contributed by atoms with Crippen LogP contribution in [-0.2, 0) is 6.54 Å². The standard InChI is InChI=1S/C17H13NO3/c19-11-14-16(20)13-8-4-5-9-15(13)18(17(14)21)10-12-6-2-1-3-7-12/h1-9,11,20H,10H2. The monoisotopic (exact) mass is 279 g/mol. The summed E-state index contributed by atoms with van der Waals surface area (Å²) in [5.74, 6) is -0.255. The second-order valence-corrected chi connectivity index (χ2v) is 4.77. The molecule has 0 atom stereocenters. The Labute approximate surface area is 120 Å². The molecule has 0 aliphatic rings. The number of hydrogen-bond acceptors (Lipinski definition) is 3. The zero-order valence-electron chi connectivity index (χ0n) is 11.2. The molecule has 3 aromatic rings. The highest BCUT2D eigenvalue weighted by Crippen LogP contribution is 2.25. The van der Waals surface area contributed by atoms with Gasteiger partial charge in [-0.3, -0.25) is 9.59 Å². The fraction of sp³-hybridized carbons (Fsp3) is 0.0588. The highest BCUT2D eigenvalue weighted by atomic mass is 16.3. The van der Waals surface area contributed by atoms with E-state index in [0.717, 1.165) is 5.56 Å². The smallest absolute Gasteiger partial charge is 0.265 e. The molecule has 0 aliphatic carbocycles. The number of carbonyl (C=O) groups excluding carboxylic acids is 1. The summed E-state index contributed by atoms with van der Waals surface area (Å²) < 4.78 is 1.51. The zero-order chi connectivity index (χ0) is 14.8. The largest absolute Gasteiger partial charge is 0.506 e. The third kappa shape index (κ3) is 2.21. The fourth-order valence-corrected chi connectivity index (χ4v) is 2.44. The number of rotatable bonds is 3. The highest BCUT2D eigenvalue weighted by molar-refractivity contribution is 5.93. The van der Waals surface area contributed by atoms with Crippen LogP contribution in [0.4, 0.5) is 0 Å². The van der Waals surface area contributed by atoms with Gasteiger partial charge in [0.15, 0.2) is 6.29 Å². The van der Waals surface area contributed by atoms with E-state index in [1.807, 2.05) is 30.3 Å². The van der Waals surface area contributed by atoms with Crippen LogP contribution in [0.2, 0.25) is 0 Å². The Morgan fingerprint density at radius 1 is 1.00 bits per heavy atom. The third-order valence-electron chi connectivity index (χ3n) is 3.48. The first-order valence-electron chi connectivity index (χ1n) is 6.56. The van der Waals surface area contributed by atoms with Gasteiger partial charge in [-0.15, -0.1) is 0 Å². The molecule has 1 aromatic heterocycles. The van der Waals surface area contributed by atoms with Crippen LogP contribution in [-0.4, -0.2) is 16.0 Å². The average molecular weight is 279 g/mol. The first-order valence-corrected chi connectivity index (χ1v) is 6.56. The summed E-state index contributed by atoms with van der Waals surface area (Å²) in [6.07, 6.45) is 0.408. The van der Waals surface area contributed by atoms with Crippen LogP contribution >= 0.6 is 0 Å². The van der Waals surface area contributed by atoms with E-state index in [9.17, 15) is 14.7 Å². The van der Waals surface area contributed by atoms with Crippen LogP contribution in [0.5, 0.6) is 5.75 Å². The van der Waals surface area contributed by atoms with Gasteiger partial charge in [-0.05, 0) is 17.7 Å². The molecule has 3 rings (SSSR count). The van der Waals surface area contributed by atoms with E-state index in [4.69, 9.17) is 0 Å². The molecular formula is C17H13NO3. The van der Waals surface area contributed by atoms with Crippen molar-refractivity contribution in [2.24, 2.45) is 0 Å². The first-order chi connectivity index (χ1) is 10.2. The Kier molecular flexibility index (Phi) is 3.28. The van der Waals surface area contributed by atoms with Gasteiger partial charge in [-0.2, -0.15) is 0 Å². The van der Waals surface area contributed by atoms with Crippen LogP contribution in [0, 0.1) is 0 Å². The maximum Gasteiger partial charge on any atom is 0.265 e. The summed E-state index contributed by atoms with van der Waals surface area (Å²) in [5, 5.41) is 10.6. The molecule has 1 heterocycles. The summed E-state index contributed by atoms with van der Waals surface area (Å²) in [7, 11) is 0. The molecule has 0 bridgehead atoms. The van der Waals surface area contributed by atoms with Crippen molar-refractivity contribution in [2.45, 2.75) is 6.54 Å². The van der Waals surface area contributed by atoms with Crippen molar-refractivity contribution < 1.29 is 9.90 Å². The second-order valence-electron chi connectivity index (χ2n) is 4.77. The van der Waals surface area contributed by atoms with E-state index in [-0.39, 0.29) is 11.3 Å². The Morgan fingerprint density at radius 3 is 2.38 bits per heavy atom. The molecule has 21 heavy (non-hydrogen) atoms. The first kappa shape index (κ1) is 13.1. The van der Waals surface area contributed by atoms with Gasteiger partial charge in [-0.25, -0.2) is 0 Å². The SMILES string of the molecule is O=Cc1c(O)c2ccccc2n(Cc2ccccc2)c1=O. The molecule has 0 amide bonds. The highest BCUT2D eigenvalue weighted by Gasteiger charge is 2.15. The number of aromatic nitrogens is 1. The molecule has 0 fully saturated rings. The topological polar surface area (TPSA) is 59.3 Å². The molecule has 0 radical (unpaired) electrons. The van der Waals surface area contributed by atoms with Crippen LogP contribution in [0.3, 0.4) is 0 Å². The predicted molar refractivity (Wildman–Crippen MR) is 80.8 cm³/mol. The molecule has 4 heteroatoms. The molecule has 2 aromatic carbocycles. The van der Waals surface area contributed by atoms with Crippen LogP contribution in [0.25, 0.3) is 10.9 Å². The lowest BCUT2D eigenvalue weighted by atomic mass is 10.1. The molecule has 104 valence electrons. The number of nitrogens with zero attached hydrogens (tertiary/aromatic N) is 1. The minimum absolute atomic E-state index is 0.204. The molecule has 0 saturated heterocycles. The van der Waals surface area contributed by atoms with Crippen molar-refractivity contribution in [3.63, 3.8) is 0 Å². The molecule has 0 unspecified atom stereocenters. The van der Waals surface area contributed by atoms with Crippen molar-refractivity contribution in [1.29, 1.82) is 0 Å². The van der Waals surface area contributed by atoms with Gasteiger partial charge in [0.2, 0.25) is 0 Å². The van der Waals surface area contributed by atoms with Gasteiger partial charge in [0.25, 0.3) is 5.56 Å². The summed E-state index contributed by atoms with van der Waals surface area (Å²) in [5.41, 5.74) is 0.872. The quantitative estimate of drug-likeness (QED) is 0.750. The van der Waals surface area contributed by atoms with E-state index in [2.05, 4.69) is 0 Å². The number of pyridine rings is 1. The van der Waals surface area contributed by atoms with Crippen molar-refractivity contribution in [2.75, 3.05) is 0 Å². The van der Waals surface area contributed by atoms with Crippen LogP contribution < -0.4 is 5.56 Å². The van der Waals surface area contributed by atoms with Crippen LogP contribution in [0.1, 0.15) is 15.9 Å². The van der Waals surface area contributed by atoms with Gasteiger partial charge in [0.05, 0.1) is 12.1 Å². The van der Waals surface area contributed by atoms with Gasteiger partial charge in [-0.1, -0.05) is 42.5 Å². The van der Waals surface area contributed by atoms with E-state index in [1.165, 1.54) is 4.57 Å². The molecule has 0 saturated carbocycles. The third-order valence-corrected chi connectivity index (χ3v) is 3.48. The fourth-order valence-electron chi connectivity index (χ4n) is 2.44.